The normalized spacial score (nSPS) is 14.7. The Bertz CT molecular complexity index is 541. The molecule has 4 nitrogen and oxygen atoms in total. The summed E-state index contributed by atoms with van der Waals surface area (Å²) in [6, 6.07) is 10.7. The van der Waals surface area contributed by atoms with Crippen LogP contribution in [-0.2, 0) is 12.8 Å². The molecule has 0 aliphatic carbocycles. The second-order valence-corrected chi connectivity index (χ2v) is 4.77. The number of rotatable bonds is 2. The van der Waals surface area contributed by atoms with Gasteiger partial charge in [0.2, 0.25) is 0 Å². The Morgan fingerprint density at radius 1 is 1.05 bits per heavy atom. The van der Waals surface area contributed by atoms with Crippen molar-refractivity contribution in [1.29, 1.82) is 0 Å². The molecule has 0 saturated heterocycles. The van der Waals surface area contributed by atoms with Gasteiger partial charge in [0.1, 0.15) is 18.0 Å². The summed E-state index contributed by atoms with van der Waals surface area (Å²) in [4.78, 5) is 10.9. The van der Waals surface area contributed by atoms with Crippen LogP contribution in [0.1, 0.15) is 11.1 Å². The van der Waals surface area contributed by atoms with Gasteiger partial charge in [-0.1, -0.05) is 24.3 Å². The van der Waals surface area contributed by atoms with Gasteiger partial charge in [-0.05, 0) is 24.0 Å². The van der Waals surface area contributed by atoms with E-state index in [2.05, 4.69) is 44.5 Å². The topological polar surface area (TPSA) is 41.0 Å². The highest BCUT2D eigenvalue weighted by Crippen LogP contribution is 2.20. The summed E-state index contributed by atoms with van der Waals surface area (Å²) in [6.45, 7) is 2.02. The van der Waals surface area contributed by atoms with Crippen molar-refractivity contribution in [3.05, 3.63) is 47.8 Å². The summed E-state index contributed by atoms with van der Waals surface area (Å²) in [6.07, 6.45) is 3.78. The van der Waals surface area contributed by atoms with Crippen LogP contribution in [0.3, 0.4) is 0 Å². The van der Waals surface area contributed by atoms with Crippen LogP contribution < -0.4 is 10.2 Å². The highest BCUT2D eigenvalue weighted by atomic mass is 15.2. The third-order valence-electron chi connectivity index (χ3n) is 3.65. The van der Waals surface area contributed by atoms with Crippen LogP contribution in [0.4, 0.5) is 11.6 Å². The highest BCUT2D eigenvalue weighted by Gasteiger charge is 2.15. The van der Waals surface area contributed by atoms with Gasteiger partial charge in [0.05, 0.1) is 0 Å². The molecule has 0 spiro atoms. The van der Waals surface area contributed by atoms with Crippen LogP contribution >= 0.6 is 0 Å². The molecule has 0 fully saturated rings. The van der Waals surface area contributed by atoms with E-state index in [0.29, 0.717) is 0 Å². The first-order valence-corrected chi connectivity index (χ1v) is 6.68. The molecule has 1 N–H and O–H groups in total. The van der Waals surface area contributed by atoms with Gasteiger partial charge in [-0.3, -0.25) is 0 Å². The van der Waals surface area contributed by atoms with E-state index in [9.17, 15) is 0 Å². The standard InChI is InChI=1S/C15H18N4/c1-16-14-10-15(18-11-17-14)19-8-6-12-4-2-3-5-13(12)7-9-19/h2-5,10-11H,6-9H2,1H3,(H,16,17,18). The molecule has 1 aromatic carbocycles. The monoisotopic (exact) mass is 254 g/mol. The van der Waals surface area contributed by atoms with Gasteiger partial charge in [0.15, 0.2) is 0 Å². The first-order valence-electron chi connectivity index (χ1n) is 6.68. The maximum absolute atomic E-state index is 4.39. The minimum absolute atomic E-state index is 0.867. The van der Waals surface area contributed by atoms with Crippen molar-refractivity contribution < 1.29 is 0 Å². The van der Waals surface area contributed by atoms with E-state index in [1.165, 1.54) is 11.1 Å². The van der Waals surface area contributed by atoms with Crippen molar-refractivity contribution in [2.45, 2.75) is 12.8 Å². The van der Waals surface area contributed by atoms with E-state index >= 15 is 0 Å². The SMILES string of the molecule is CNc1cc(N2CCc3ccccc3CC2)ncn1. The van der Waals surface area contributed by atoms with E-state index in [-0.39, 0.29) is 0 Å². The molecule has 0 amide bonds. The predicted octanol–water partition coefficient (Wildman–Crippen LogP) is 2.12. The number of hydrogen-bond donors (Lipinski definition) is 1. The van der Waals surface area contributed by atoms with Gasteiger partial charge in [-0.2, -0.15) is 0 Å². The van der Waals surface area contributed by atoms with E-state index in [1.54, 1.807) is 6.33 Å². The van der Waals surface area contributed by atoms with Crippen molar-refractivity contribution in [1.82, 2.24) is 9.97 Å². The minimum atomic E-state index is 0.867. The lowest BCUT2D eigenvalue weighted by atomic mass is 10.0. The fourth-order valence-electron chi connectivity index (χ4n) is 2.55. The van der Waals surface area contributed by atoms with Crippen molar-refractivity contribution in [3.63, 3.8) is 0 Å². The predicted molar refractivity (Wildman–Crippen MR) is 77.6 cm³/mol. The van der Waals surface area contributed by atoms with Crippen LogP contribution in [0.15, 0.2) is 36.7 Å². The molecule has 3 rings (SSSR count). The van der Waals surface area contributed by atoms with Crippen molar-refractivity contribution >= 4 is 11.6 Å². The summed E-state index contributed by atoms with van der Waals surface area (Å²) >= 11 is 0. The molecule has 0 bridgehead atoms. The number of aromatic nitrogens is 2. The molecular weight excluding hydrogens is 236 g/mol. The average molecular weight is 254 g/mol. The Kier molecular flexibility index (Phi) is 3.31. The summed E-state index contributed by atoms with van der Waals surface area (Å²) < 4.78 is 0. The zero-order chi connectivity index (χ0) is 13.1. The number of hydrogen-bond acceptors (Lipinski definition) is 4. The van der Waals surface area contributed by atoms with Gasteiger partial charge in [-0.15, -0.1) is 0 Å². The molecule has 0 unspecified atom stereocenters. The third kappa shape index (κ3) is 2.52. The fraction of sp³-hybridized carbons (Fsp3) is 0.333. The van der Waals surface area contributed by atoms with Crippen molar-refractivity contribution in [3.8, 4) is 0 Å². The lowest BCUT2D eigenvalue weighted by Crippen LogP contribution is -2.27. The molecule has 0 atom stereocenters. The van der Waals surface area contributed by atoms with Crippen LogP contribution in [0, 0.1) is 0 Å². The average Bonchev–Trinajstić information content (AvgIpc) is 2.70. The lowest BCUT2D eigenvalue weighted by molar-refractivity contribution is 0.788. The molecule has 1 aliphatic rings. The second-order valence-electron chi connectivity index (χ2n) is 4.77. The molecule has 0 radical (unpaired) electrons. The summed E-state index contributed by atoms with van der Waals surface area (Å²) in [7, 11) is 1.88. The molecule has 98 valence electrons. The zero-order valence-corrected chi connectivity index (χ0v) is 11.1. The number of nitrogens with one attached hydrogen (secondary N) is 1. The van der Waals surface area contributed by atoms with E-state index in [1.807, 2.05) is 13.1 Å². The lowest BCUT2D eigenvalue weighted by Gasteiger charge is -2.21. The first-order chi connectivity index (χ1) is 9.36. The van der Waals surface area contributed by atoms with Gasteiger partial charge >= 0.3 is 0 Å². The van der Waals surface area contributed by atoms with E-state index < -0.39 is 0 Å². The Morgan fingerprint density at radius 2 is 1.74 bits per heavy atom. The molecule has 4 heteroatoms. The van der Waals surface area contributed by atoms with Crippen LogP contribution in [0.25, 0.3) is 0 Å². The zero-order valence-electron chi connectivity index (χ0n) is 11.1. The maximum atomic E-state index is 4.39. The number of nitrogens with zero attached hydrogens (tertiary/aromatic N) is 3. The quantitative estimate of drug-likeness (QED) is 0.891. The van der Waals surface area contributed by atoms with Crippen LogP contribution in [-0.4, -0.2) is 30.1 Å². The summed E-state index contributed by atoms with van der Waals surface area (Å²) in [5.74, 6) is 1.87. The molecule has 1 aromatic heterocycles. The highest BCUT2D eigenvalue weighted by molar-refractivity contribution is 5.49. The summed E-state index contributed by atoms with van der Waals surface area (Å²) in [5.41, 5.74) is 2.93. The van der Waals surface area contributed by atoms with E-state index in [4.69, 9.17) is 0 Å². The second kappa shape index (κ2) is 5.26. The third-order valence-corrected chi connectivity index (χ3v) is 3.65. The smallest absolute Gasteiger partial charge is 0.134 e. The molecular formula is C15H18N4. The van der Waals surface area contributed by atoms with Gasteiger partial charge in [0, 0.05) is 26.2 Å². The Morgan fingerprint density at radius 3 is 2.37 bits per heavy atom. The van der Waals surface area contributed by atoms with E-state index in [0.717, 1.165) is 37.6 Å². The molecule has 19 heavy (non-hydrogen) atoms. The van der Waals surface area contributed by atoms with Gasteiger partial charge < -0.3 is 10.2 Å². The minimum Gasteiger partial charge on any atom is -0.373 e. The number of benzene rings is 1. The Hall–Kier alpha value is -2.10. The summed E-state index contributed by atoms with van der Waals surface area (Å²) in [5, 5.41) is 3.06. The van der Waals surface area contributed by atoms with Gasteiger partial charge in [-0.25, -0.2) is 9.97 Å². The number of anilines is 2. The molecule has 0 saturated carbocycles. The van der Waals surface area contributed by atoms with Crippen LogP contribution in [0.2, 0.25) is 0 Å². The van der Waals surface area contributed by atoms with Crippen molar-refractivity contribution in [2.75, 3.05) is 30.4 Å². The largest absolute Gasteiger partial charge is 0.373 e. The van der Waals surface area contributed by atoms with Gasteiger partial charge in [0.25, 0.3) is 0 Å². The van der Waals surface area contributed by atoms with Crippen LogP contribution in [0.5, 0.6) is 0 Å². The molecule has 1 aliphatic heterocycles. The maximum Gasteiger partial charge on any atom is 0.134 e. The van der Waals surface area contributed by atoms with Crippen molar-refractivity contribution in [2.24, 2.45) is 0 Å². The number of fused-ring (bicyclic) bond motifs is 1. The Balaban J connectivity index is 1.81. The fourth-order valence-corrected chi connectivity index (χ4v) is 2.55. The molecule has 2 aromatic rings. The molecule has 2 heterocycles. The Labute approximate surface area is 113 Å². The first kappa shape index (κ1) is 12.0.